The summed E-state index contributed by atoms with van der Waals surface area (Å²) in [6.45, 7) is 2.95. The number of carbonyl (C=O) groups excluding carboxylic acids is 1. The molecule has 1 fully saturated rings. The number of amides is 1. The monoisotopic (exact) mass is 371 g/mol. The summed E-state index contributed by atoms with van der Waals surface area (Å²) in [5, 5.41) is 2.60. The number of thioether (sulfide) groups is 1. The molecule has 0 spiro atoms. The summed E-state index contributed by atoms with van der Waals surface area (Å²) in [5.41, 5.74) is 2.03. The average molecular weight is 371 g/mol. The topological polar surface area (TPSA) is 47.6 Å². The third-order valence-corrected chi connectivity index (χ3v) is 4.69. The number of ether oxygens (including phenoxy) is 2. The minimum atomic E-state index is -0.149. The fourth-order valence-corrected chi connectivity index (χ4v) is 3.31. The Labute approximate surface area is 156 Å². The van der Waals surface area contributed by atoms with E-state index >= 15 is 0 Å². The van der Waals surface area contributed by atoms with Crippen LogP contribution in [0.1, 0.15) is 11.1 Å². The van der Waals surface area contributed by atoms with E-state index in [2.05, 4.69) is 5.32 Å². The van der Waals surface area contributed by atoms with Crippen molar-refractivity contribution >= 4 is 40.3 Å². The molecule has 2 aromatic rings. The molecule has 1 heterocycles. The number of benzene rings is 2. The number of nitrogens with one attached hydrogen (secondary N) is 1. The molecule has 2 aromatic carbocycles. The van der Waals surface area contributed by atoms with Crippen LogP contribution >= 0.6 is 24.0 Å². The van der Waals surface area contributed by atoms with Gasteiger partial charge in [0.1, 0.15) is 29.0 Å². The molecule has 0 radical (unpaired) electrons. The summed E-state index contributed by atoms with van der Waals surface area (Å²) in [7, 11) is 0. The van der Waals surface area contributed by atoms with Gasteiger partial charge in [0.2, 0.25) is 0 Å². The van der Waals surface area contributed by atoms with Gasteiger partial charge in [-0.05, 0) is 42.3 Å². The first-order valence-electron chi connectivity index (χ1n) is 7.78. The Kier molecular flexibility index (Phi) is 5.73. The van der Waals surface area contributed by atoms with Gasteiger partial charge >= 0.3 is 0 Å². The number of rotatable bonds is 6. The highest BCUT2D eigenvalue weighted by Crippen LogP contribution is 2.26. The van der Waals surface area contributed by atoms with Gasteiger partial charge in [-0.15, -0.1) is 0 Å². The van der Waals surface area contributed by atoms with Crippen molar-refractivity contribution in [1.82, 2.24) is 5.32 Å². The summed E-state index contributed by atoms with van der Waals surface area (Å²) in [4.78, 5) is 12.2. The Hall–Kier alpha value is -2.31. The number of carbonyl (C=O) groups is 1. The minimum absolute atomic E-state index is 0.149. The highest BCUT2D eigenvalue weighted by molar-refractivity contribution is 8.26. The third kappa shape index (κ3) is 4.84. The quantitative estimate of drug-likeness (QED) is 0.473. The number of hydrogen-bond donors (Lipinski definition) is 1. The third-order valence-electron chi connectivity index (χ3n) is 3.52. The first-order chi connectivity index (χ1) is 12.1. The van der Waals surface area contributed by atoms with E-state index in [0.717, 1.165) is 22.6 Å². The predicted octanol–water partition coefficient (Wildman–Crippen LogP) is 3.94. The van der Waals surface area contributed by atoms with E-state index in [1.165, 1.54) is 11.8 Å². The molecule has 128 valence electrons. The molecule has 6 heteroatoms. The molecule has 1 aliphatic rings. The molecule has 1 aliphatic heterocycles. The molecule has 0 aliphatic carbocycles. The van der Waals surface area contributed by atoms with E-state index < -0.39 is 0 Å². The average Bonchev–Trinajstić information content (AvgIpc) is 2.92. The van der Waals surface area contributed by atoms with E-state index in [4.69, 9.17) is 21.7 Å². The molecule has 0 atom stereocenters. The van der Waals surface area contributed by atoms with Crippen LogP contribution in [0.4, 0.5) is 0 Å². The molecule has 0 saturated carbocycles. The first-order valence-corrected chi connectivity index (χ1v) is 9.00. The van der Waals surface area contributed by atoms with Crippen molar-refractivity contribution in [3.05, 3.63) is 64.6 Å². The fraction of sp³-hybridized carbons (Fsp3) is 0.158. The smallest absolute Gasteiger partial charge is 0.263 e. The SMILES string of the molecule is Cc1ccccc1OCCOc1ccc(C=C2SC(=S)NC2=O)cc1. The largest absolute Gasteiger partial charge is 0.490 e. The highest BCUT2D eigenvalue weighted by atomic mass is 32.2. The maximum atomic E-state index is 11.6. The van der Waals surface area contributed by atoms with Crippen molar-refractivity contribution < 1.29 is 14.3 Å². The second kappa shape index (κ2) is 8.18. The van der Waals surface area contributed by atoms with Crippen LogP contribution in [0.3, 0.4) is 0 Å². The van der Waals surface area contributed by atoms with Crippen molar-refractivity contribution in [3.63, 3.8) is 0 Å². The van der Waals surface area contributed by atoms with E-state index in [0.29, 0.717) is 22.4 Å². The normalized spacial score (nSPS) is 15.3. The van der Waals surface area contributed by atoms with Crippen LogP contribution in [0.15, 0.2) is 53.4 Å². The van der Waals surface area contributed by atoms with Crippen LogP contribution in [-0.2, 0) is 4.79 Å². The number of thiocarbonyl (C=S) groups is 1. The van der Waals surface area contributed by atoms with Crippen LogP contribution in [0.25, 0.3) is 6.08 Å². The lowest BCUT2D eigenvalue weighted by Crippen LogP contribution is -2.17. The van der Waals surface area contributed by atoms with Crippen LogP contribution in [0.5, 0.6) is 11.5 Å². The van der Waals surface area contributed by atoms with Gasteiger partial charge in [-0.1, -0.05) is 54.3 Å². The second-order valence-electron chi connectivity index (χ2n) is 5.38. The molecular weight excluding hydrogens is 354 g/mol. The van der Waals surface area contributed by atoms with Crippen molar-refractivity contribution in [1.29, 1.82) is 0 Å². The van der Waals surface area contributed by atoms with Gasteiger partial charge in [-0.25, -0.2) is 0 Å². The maximum Gasteiger partial charge on any atom is 0.263 e. The molecule has 1 saturated heterocycles. The van der Waals surface area contributed by atoms with Crippen LogP contribution in [0, 0.1) is 6.92 Å². The lowest BCUT2D eigenvalue weighted by atomic mass is 10.2. The molecule has 1 amide bonds. The van der Waals surface area contributed by atoms with Crippen molar-refractivity contribution in [2.45, 2.75) is 6.92 Å². The zero-order valence-electron chi connectivity index (χ0n) is 13.7. The van der Waals surface area contributed by atoms with Crippen LogP contribution in [-0.4, -0.2) is 23.4 Å². The Morgan fingerprint density at radius 2 is 1.80 bits per heavy atom. The molecule has 25 heavy (non-hydrogen) atoms. The van der Waals surface area contributed by atoms with Crippen molar-refractivity contribution in [2.75, 3.05) is 13.2 Å². The molecular formula is C19H17NO3S2. The van der Waals surface area contributed by atoms with E-state index in [1.807, 2.05) is 61.5 Å². The lowest BCUT2D eigenvalue weighted by Gasteiger charge is -2.10. The van der Waals surface area contributed by atoms with Gasteiger partial charge in [0.25, 0.3) is 5.91 Å². The van der Waals surface area contributed by atoms with Gasteiger partial charge in [0.05, 0.1) is 4.91 Å². The molecule has 4 nitrogen and oxygen atoms in total. The van der Waals surface area contributed by atoms with Crippen molar-refractivity contribution in [3.8, 4) is 11.5 Å². The lowest BCUT2D eigenvalue weighted by molar-refractivity contribution is -0.115. The van der Waals surface area contributed by atoms with E-state index in [9.17, 15) is 4.79 Å². The van der Waals surface area contributed by atoms with Gasteiger partial charge < -0.3 is 14.8 Å². The predicted molar refractivity (Wildman–Crippen MR) is 105 cm³/mol. The second-order valence-corrected chi connectivity index (χ2v) is 7.10. The molecule has 0 aromatic heterocycles. The van der Waals surface area contributed by atoms with Gasteiger partial charge in [-0.3, -0.25) is 4.79 Å². The van der Waals surface area contributed by atoms with E-state index in [-0.39, 0.29) is 5.91 Å². The molecule has 3 rings (SSSR count). The summed E-state index contributed by atoms with van der Waals surface area (Å²) >= 11 is 6.24. The number of aryl methyl sites for hydroxylation is 1. The Morgan fingerprint density at radius 3 is 2.48 bits per heavy atom. The van der Waals surface area contributed by atoms with Crippen LogP contribution in [0.2, 0.25) is 0 Å². The Balaban J connectivity index is 1.50. The summed E-state index contributed by atoms with van der Waals surface area (Å²) in [6, 6.07) is 15.4. The summed E-state index contributed by atoms with van der Waals surface area (Å²) in [5.74, 6) is 1.48. The highest BCUT2D eigenvalue weighted by Gasteiger charge is 2.21. The van der Waals surface area contributed by atoms with Gasteiger partial charge in [0, 0.05) is 0 Å². The Morgan fingerprint density at radius 1 is 1.08 bits per heavy atom. The standard InChI is InChI=1S/C19H17NO3S2/c1-13-4-2-3-5-16(13)23-11-10-22-15-8-6-14(7-9-15)12-17-18(21)20-19(24)25-17/h2-9,12H,10-11H2,1H3,(H,20,21,24). The number of para-hydroxylation sites is 1. The van der Waals surface area contributed by atoms with E-state index in [1.54, 1.807) is 0 Å². The van der Waals surface area contributed by atoms with Crippen molar-refractivity contribution in [2.24, 2.45) is 0 Å². The first kappa shape index (κ1) is 17.5. The summed E-state index contributed by atoms with van der Waals surface area (Å²) < 4.78 is 11.9. The molecule has 1 N–H and O–H groups in total. The van der Waals surface area contributed by atoms with Gasteiger partial charge in [-0.2, -0.15) is 0 Å². The molecule has 0 unspecified atom stereocenters. The zero-order valence-corrected chi connectivity index (χ0v) is 15.3. The minimum Gasteiger partial charge on any atom is -0.490 e. The van der Waals surface area contributed by atoms with Gasteiger partial charge in [0.15, 0.2) is 0 Å². The zero-order chi connectivity index (χ0) is 17.6. The molecule has 0 bridgehead atoms. The maximum absolute atomic E-state index is 11.6. The fourth-order valence-electron chi connectivity index (χ4n) is 2.26. The summed E-state index contributed by atoms with van der Waals surface area (Å²) in [6.07, 6.45) is 1.81. The Bertz CT molecular complexity index is 816. The number of hydrogen-bond acceptors (Lipinski definition) is 5. The van der Waals surface area contributed by atoms with Crippen LogP contribution < -0.4 is 14.8 Å².